The van der Waals surface area contributed by atoms with Crippen LogP contribution in [0.1, 0.15) is 20.8 Å². The topological polar surface area (TPSA) is 78.4 Å². The Bertz CT molecular complexity index is 299. The van der Waals surface area contributed by atoms with Crippen LogP contribution in [0, 0.1) is 17.8 Å². The van der Waals surface area contributed by atoms with Gasteiger partial charge in [0.05, 0.1) is 13.1 Å². The van der Waals surface area contributed by atoms with E-state index in [2.05, 4.69) is 16.6 Å². The smallest absolute Gasteiger partial charge is 0.326 e. The van der Waals surface area contributed by atoms with Gasteiger partial charge in [-0.3, -0.25) is 10.1 Å². The minimum atomic E-state index is -1.04. The molecule has 0 fully saturated rings. The number of amides is 1. The zero-order valence-corrected chi connectivity index (χ0v) is 9.83. The van der Waals surface area contributed by atoms with Gasteiger partial charge in [0.15, 0.2) is 0 Å². The molecule has 5 nitrogen and oxygen atoms in total. The summed E-state index contributed by atoms with van der Waals surface area (Å²) in [5, 5.41) is 14.1. The van der Waals surface area contributed by atoms with Crippen LogP contribution in [0.2, 0.25) is 0 Å². The van der Waals surface area contributed by atoms with Gasteiger partial charge < -0.3 is 10.4 Å². The van der Waals surface area contributed by atoms with Crippen LogP contribution in [0.15, 0.2) is 0 Å². The van der Waals surface area contributed by atoms with Crippen molar-refractivity contribution in [3.05, 3.63) is 0 Å². The maximum absolute atomic E-state index is 11.4. The lowest BCUT2D eigenvalue weighted by molar-refractivity contribution is -0.144. The lowest BCUT2D eigenvalue weighted by Crippen LogP contribution is -2.51. The van der Waals surface area contributed by atoms with Gasteiger partial charge in [0.25, 0.3) is 0 Å². The number of aliphatic carboxylic acids is 1. The summed E-state index contributed by atoms with van der Waals surface area (Å²) in [6, 6.07) is -0.910. The minimum absolute atomic E-state index is 0.0179. The van der Waals surface area contributed by atoms with Crippen molar-refractivity contribution in [2.24, 2.45) is 5.41 Å². The molecule has 0 unspecified atom stereocenters. The number of hydrogen-bond acceptors (Lipinski definition) is 3. The Labute approximate surface area is 95.6 Å². The van der Waals surface area contributed by atoms with Gasteiger partial charge in [-0.1, -0.05) is 26.7 Å². The molecule has 0 aromatic rings. The SMILES string of the molecule is C#CCNCC(=O)N[C@H](C(=O)O)C(C)(C)C. The Balaban J connectivity index is 4.27. The van der Waals surface area contributed by atoms with Crippen molar-refractivity contribution in [2.75, 3.05) is 13.1 Å². The van der Waals surface area contributed by atoms with Crippen molar-refractivity contribution >= 4 is 11.9 Å². The molecule has 0 radical (unpaired) electrons. The summed E-state index contributed by atoms with van der Waals surface area (Å²) in [5.74, 6) is 0.901. The molecule has 0 saturated carbocycles. The summed E-state index contributed by atoms with van der Waals surface area (Å²) in [5.41, 5.74) is -0.534. The van der Waals surface area contributed by atoms with Crippen LogP contribution in [0.4, 0.5) is 0 Å². The van der Waals surface area contributed by atoms with E-state index in [9.17, 15) is 9.59 Å². The first kappa shape index (κ1) is 14.5. The predicted octanol–water partition coefficient (Wildman–Crippen LogP) is -0.175. The summed E-state index contributed by atoms with van der Waals surface area (Å²) in [6.45, 7) is 5.55. The molecule has 90 valence electrons. The van der Waals surface area contributed by atoms with Crippen LogP contribution < -0.4 is 10.6 Å². The molecule has 1 amide bonds. The molecule has 5 heteroatoms. The average molecular weight is 226 g/mol. The summed E-state index contributed by atoms with van der Waals surface area (Å²) in [7, 11) is 0. The van der Waals surface area contributed by atoms with Crippen LogP contribution in [0.3, 0.4) is 0 Å². The minimum Gasteiger partial charge on any atom is -0.480 e. The van der Waals surface area contributed by atoms with Crippen LogP contribution in [-0.4, -0.2) is 36.1 Å². The fourth-order valence-electron chi connectivity index (χ4n) is 1.11. The summed E-state index contributed by atoms with van der Waals surface area (Å²) >= 11 is 0. The average Bonchev–Trinajstić information content (AvgIpc) is 2.12. The van der Waals surface area contributed by atoms with Gasteiger partial charge in [-0.05, 0) is 5.41 Å². The third-order valence-corrected chi connectivity index (χ3v) is 1.93. The maximum atomic E-state index is 11.4. The maximum Gasteiger partial charge on any atom is 0.326 e. The Morgan fingerprint density at radius 2 is 2.00 bits per heavy atom. The number of carboxylic acids is 1. The van der Waals surface area contributed by atoms with Crippen LogP contribution >= 0.6 is 0 Å². The first-order valence-corrected chi connectivity index (χ1v) is 4.95. The highest BCUT2D eigenvalue weighted by Gasteiger charge is 2.32. The molecule has 0 rings (SSSR count). The Kier molecular flexibility index (Phi) is 5.54. The second kappa shape index (κ2) is 6.13. The zero-order valence-electron chi connectivity index (χ0n) is 9.83. The molecule has 0 heterocycles. The third kappa shape index (κ3) is 5.37. The van der Waals surface area contributed by atoms with Crippen molar-refractivity contribution in [1.82, 2.24) is 10.6 Å². The van der Waals surface area contributed by atoms with Gasteiger partial charge in [-0.25, -0.2) is 4.79 Å². The van der Waals surface area contributed by atoms with Gasteiger partial charge >= 0.3 is 5.97 Å². The standard InChI is InChI=1S/C11H18N2O3/c1-5-6-12-7-8(14)13-9(10(15)16)11(2,3)4/h1,9,12H,6-7H2,2-4H3,(H,13,14)(H,15,16)/t9-/m1/s1. The highest BCUT2D eigenvalue weighted by molar-refractivity contribution is 5.85. The van der Waals surface area contributed by atoms with E-state index in [4.69, 9.17) is 11.5 Å². The number of terminal acetylenes is 1. The number of carbonyl (C=O) groups is 2. The molecule has 0 aromatic heterocycles. The van der Waals surface area contributed by atoms with Crippen LogP contribution in [0.25, 0.3) is 0 Å². The Hall–Kier alpha value is -1.54. The van der Waals surface area contributed by atoms with Crippen molar-refractivity contribution in [1.29, 1.82) is 0 Å². The van der Waals surface area contributed by atoms with E-state index in [0.717, 1.165) is 0 Å². The van der Waals surface area contributed by atoms with Crippen molar-refractivity contribution < 1.29 is 14.7 Å². The van der Waals surface area contributed by atoms with Crippen LogP contribution in [-0.2, 0) is 9.59 Å². The number of carbonyl (C=O) groups excluding carboxylic acids is 1. The van der Waals surface area contributed by atoms with Crippen molar-refractivity contribution in [3.8, 4) is 12.3 Å². The summed E-state index contributed by atoms with van der Waals surface area (Å²) < 4.78 is 0. The first-order chi connectivity index (χ1) is 7.29. The molecular formula is C11H18N2O3. The predicted molar refractivity (Wildman–Crippen MR) is 60.7 cm³/mol. The number of rotatable bonds is 5. The van der Waals surface area contributed by atoms with E-state index in [1.165, 1.54) is 0 Å². The normalized spacial score (nSPS) is 12.6. The van der Waals surface area contributed by atoms with E-state index < -0.39 is 17.4 Å². The first-order valence-electron chi connectivity index (χ1n) is 4.95. The molecule has 0 aliphatic rings. The van der Waals surface area contributed by atoms with E-state index in [-0.39, 0.29) is 19.0 Å². The van der Waals surface area contributed by atoms with Crippen molar-refractivity contribution in [2.45, 2.75) is 26.8 Å². The fourth-order valence-corrected chi connectivity index (χ4v) is 1.11. The molecule has 16 heavy (non-hydrogen) atoms. The molecular weight excluding hydrogens is 208 g/mol. The highest BCUT2D eigenvalue weighted by atomic mass is 16.4. The molecule has 0 saturated heterocycles. The summed E-state index contributed by atoms with van der Waals surface area (Å²) in [6.07, 6.45) is 5.00. The number of hydrogen-bond donors (Lipinski definition) is 3. The number of nitrogens with one attached hydrogen (secondary N) is 2. The monoisotopic (exact) mass is 226 g/mol. The molecule has 0 aliphatic carbocycles. The lowest BCUT2D eigenvalue weighted by atomic mass is 9.87. The molecule has 1 atom stereocenters. The van der Waals surface area contributed by atoms with Gasteiger partial charge in [0.1, 0.15) is 6.04 Å². The molecule has 0 aromatic carbocycles. The quantitative estimate of drug-likeness (QED) is 0.449. The second-order valence-electron chi connectivity index (χ2n) is 4.51. The van der Waals surface area contributed by atoms with E-state index in [0.29, 0.717) is 0 Å². The lowest BCUT2D eigenvalue weighted by Gasteiger charge is -2.27. The Morgan fingerprint density at radius 1 is 1.44 bits per heavy atom. The van der Waals surface area contributed by atoms with Gasteiger partial charge in [-0.2, -0.15) is 0 Å². The molecule has 0 aliphatic heterocycles. The van der Waals surface area contributed by atoms with Gasteiger partial charge in [-0.15, -0.1) is 6.42 Å². The molecule has 0 bridgehead atoms. The summed E-state index contributed by atoms with van der Waals surface area (Å²) in [4.78, 5) is 22.3. The third-order valence-electron chi connectivity index (χ3n) is 1.93. The highest BCUT2D eigenvalue weighted by Crippen LogP contribution is 2.19. The Morgan fingerprint density at radius 3 is 2.38 bits per heavy atom. The van der Waals surface area contributed by atoms with Gasteiger partial charge in [0, 0.05) is 0 Å². The molecule has 3 N–H and O–H groups in total. The van der Waals surface area contributed by atoms with E-state index in [1.807, 2.05) is 0 Å². The van der Waals surface area contributed by atoms with Crippen molar-refractivity contribution in [3.63, 3.8) is 0 Å². The van der Waals surface area contributed by atoms with Gasteiger partial charge in [0.2, 0.25) is 5.91 Å². The van der Waals surface area contributed by atoms with E-state index in [1.54, 1.807) is 20.8 Å². The second-order valence-corrected chi connectivity index (χ2v) is 4.51. The largest absolute Gasteiger partial charge is 0.480 e. The molecule has 0 spiro atoms. The van der Waals surface area contributed by atoms with E-state index >= 15 is 0 Å². The fraction of sp³-hybridized carbons (Fsp3) is 0.636. The van der Waals surface area contributed by atoms with Crippen LogP contribution in [0.5, 0.6) is 0 Å². The number of carboxylic acid groups (broad SMARTS) is 1. The zero-order chi connectivity index (χ0) is 12.8.